The molecule has 2 aliphatic heterocycles. The van der Waals surface area contributed by atoms with E-state index >= 15 is 0 Å². The number of para-hydroxylation sites is 2. The second-order valence-electron chi connectivity index (χ2n) is 10.1. The first-order chi connectivity index (χ1) is 16.1. The average molecular weight is 452 g/mol. The number of likely N-dealkylation sites (tertiary alicyclic amines) is 1. The molecule has 33 heavy (non-hydrogen) atoms. The molecular formula is C26H37N5O2. The number of rotatable bonds is 4. The van der Waals surface area contributed by atoms with Crippen LogP contribution in [-0.2, 0) is 4.79 Å². The van der Waals surface area contributed by atoms with Crippen LogP contribution in [-0.4, -0.2) is 52.1 Å². The molecule has 1 aromatic heterocycles. The van der Waals surface area contributed by atoms with Crippen LogP contribution in [0.25, 0.3) is 11.0 Å². The van der Waals surface area contributed by atoms with E-state index in [1.54, 1.807) is 0 Å². The van der Waals surface area contributed by atoms with Gasteiger partial charge in [0.05, 0.1) is 11.0 Å². The monoisotopic (exact) mass is 451 g/mol. The number of piperidine rings is 1. The van der Waals surface area contributed by atoms with E-state index < -0.39 is 6.04 Å². The maximum absolute atomic E-state index is 13.8. The summed E-state index contributed by atoms with van der Waals surface area (Å²) < 4.78 is 1.98. The number of aromatic nitrogens is 2. The zero-order valence-electron chi connectivity index (χ0n) is 19.6. The van der Waals surface area contributed by atoms with Crippen molar-refractivity contribution in [2.75, 3.05) is 24.5 Å². The minimum absolute atomic E-state index is 0.0775. The number of amides is 1. The van der Waals surface area contributed by atoms with Crippen molar-refractivity contribution in [1.29, 1.82) is 0 Å². The lowest BCUT2D eigenvalue weighted by Crippen LogP contribution is -2.46. The summed E-state index contributed by atoms with van der Waals surface area (Å²) >= 11 is 0. The van der Waals surface area contributed by atoms with E-state index in [9.17, 15) is 9.59 Å². The van der Waals surface area contributed by atoms with Crippen LogP contribution in [0.2, 0.25) is 0 Å². The molecule has 0 bridgehead atoms. The Morgan fingerprint density at radius 3 is 2.27 bits per heavy atom. The Bertz CT molecular complexity index is 1030. The van der Waals surface area contributed by atoms with E-state index in [0.29, 0.717) is 24.8 Å². The van der Waals surface area contributed by atoms with Gasteiger partial charge in [0, 0.05) is 31.7 Å². The molecule has 3 heterocycles. The van der Waals surface area contributed by atoms with E-state index in [4.69, 9.17) is 10.7 Å². The first-order valence-electron chi connectivity index (χ1n) is 12.9. The molecule has 5 rings (SSSR count). The smallest absolute Gasteiger partial charge is 0.294 e. The number of fused-ring (bicyclic) bond motifs is 1. The van der Waals surface area contributed by atoms with Crippen LogP contribution in [0, 0.1) is 0 Å². The number of primary amides is 1. The second kappa shape index (κ2) is 9.84. The lowest BCUT2D eigenvalue weighted by atomic mass is 9.93. The molecule has 2 N–H and O–H groups in total. The largest absolute Gasteiger partial charge is 0.368 e. The zero-order valence-corrected chi connectivity index (χ0v) is 19.6. The predicted molar refractivity (Wildman–Crippen MR) is 132 cm³/mol. The van der Waals surface area contributed by atoms with Gasteiger partial charge in [-0.1, -0.05) is 44.2 Å². The summed E-state index contributed by atoms with van der Waals surface area (Å²) in [6, 6.07) is 8.32. The molecule has 1 atom stereocenters. The van der Waals surface area contributed by atoms with Gasteiger partial charge in [0.1, 0.15) is 6.04 Å². The maximum Gasteiger partial charge on any atom is 0.294 e. The van der Waals surface area contributed by atoms with Gasteiger partial charge < -0.3 is 20.1 Å². The van der Waals surface area contributed by atoms with E-state index in [-0.39, 0.29) is 17.5 Å². The minimum atomic E-state index is -0.444. The summed E-state index contributed by atoms with van der Waals surface area (Å²) in [5, 5.41) is 0. The molecule has 7 nitrogen and oxygen atoms in total. The Balaban J connectivity index is 1.43. The summed E-state index contributed by atoms with van der Waals surface area (Å²) in [5.41, 5.74) is 7.28. The summed E-state index contributed by atoms with van der Waals surface area (Å²) in [5.74, 6) is 0.0124. The highest BCUT2D eigenvalue weighted by atomic mass is 16.2. The molecule has 1 aliphatic carbocycles. The van der Waals surface area contributed by atoms with Crippen molar-refractivity contribution >= 4 is 22.8 Å². The zero-order chi connectivity index (χ0) is 22.8. The Morgan fingerprint density at radius 1 is 0.848 bits per heavy atom. The lowest BCUT2D eigenvalue weighted by Gasteiger charge is -2.39. The molecule has 1 aromatic carbocycles. The molecule has 3 fully saturated rings. The average Bonchev–Trinajstić information content (AvgIpc) is 3.29. The summed E-state index contributed by atoms with van der Waals surface area (Å²) in [4.78, 5) is 35.1. The number of benzene rings is 1. The highest BCUT2D eigenvalue weighted by Gasteiger charge is 2.34. The third-order valence-electron chi connectivity index (χ3n) is 8.09. The number of nitrogens with two attached hydrogens (primary N) is 1. The summed E-state index contributed by atoms with van der Waals surface area (Å²) in [6.45, 7) is 2.73. The van der Waals surface area contributed by atoms with Crippen molar-refractivity contribution in [1.82, 2.24) is 14.5 Å². The van der Waals surface area contributed by atoms with Crippen LogP contribution < -0.4 is 16.2 Å². The van der Waals surface area contributed by atoms with Crippen molar-refractivity contribution in [2.45, 2.75) is 88.8 Å². The minimum Gasteiger partial charge on any atom is -0.368 e. The number of anilines is 1. The Labute approximate surface area is 195 Å². The van der Waals surface area contributed by atoms with Gasteiger partial charge in [-0.05, 0) is 50.7 Å². The Kier molecular flexibility index (Phi) is 6.67. The molecule has 0 unspecified atom stereocenters. The molecule has 7 heteroatoms. The molecule has 1 amide bonds. The first-order valence-corrected chi connectivity index (χ1v) is 12.9. The van der Waals surface area contributed by atoms with Gasteiger partial charge in [0.15, 0.2) is 5.82 Å². The highest BCUT2D eigenvalue weighted by molar-refractivity contribution is 5.84. The molecule has 0 spiro atoms. The maximum atomic E-state index is 13.8. The number of carbonyl (C=O) groups excluding carboxylic acids is 1. The van der Waals surface area contributed by atoms with Crippen LogP contribution in [0.4, 0.5) is 5.82 Å². The van der Waals surface area contributed by atoms with Crippen LogP contribution in [0.5, 0.6) is 0 Å². The van der Waals surface area contributed by atoms with Gasteiger partial charge in [0.25, 0.3) is 5.56 Å². The SMILES string of the molecule is NC(=O)[C@@H]1CCCN1c1nc2ccccc2n(C2CCN(C3CCCCCCC3)CC2)c1=O. The normalized spacial score (nSPS) is 24.1. The fourth-order valence-electron chi connectivity index (χ4n) is 6.32. The quantitative estimate of drug-likeness (QED) is 0.768. The van der Waals surface area contributed by atoms with Crippen molar-refractivity contribution in [2.24, 2.45) is 5.73 Å². The van der Waals surface area contributed by atoms with Crippen molar-refractivity contribution in [3.63, 3.8) is 0 Å². The molecular weight excluding hydrogens is 414 g/mol. The lowest BCUT2D eigenvalue weighted by molar-refractivity contribution is -0.119. The topological polar surface area (TPSA) is 84.5 Å². The molecule has 2 aromatic rings. The van der Waals surface area contributed by atoms with Crippen LogP contribution in [0.1, 0.15) is 76.7 Å². The molecule has 0 radical (unpaired) electrons. The third kappa shape index (κ3) is 4.52. The van der Waals surface area contributed by atoms with Gasteiger partial charge in [-0.25, -0.2) is 4.98 Å². The number of carbonyl (C=O) groups is 1. The molecule has 178 valence electrons. The van der Waals surface area contributed by atoms with Gasteiger partial charge in [-0.15, -0.1) is 0 Å². The summed E-state index contributed by atoms with van der Waals surface area (Å²) in [7, 11) is 0. The van der Waals surface area contributed by atoms with E-state index in [0.717, 1.165) is 43.4 Å². The van der Waals surface area contributed by atoms with Crippen molar-refractivity contribution < 1.29 is 4.79 Å². The number of hydrogen-bond acceptors (Lipinski definition) is 5. The van der Waals surface area contributed by atoms with Gasteiger partial charge in [-0.3, -0.25) is 9.59 Å². The van der Waals surface area contributed by atoms with Gasteiger partial charge >= 0.3 is 0 Å². The number of hydrogen-bond donors (Lipinski definition) is 1. The summed E-state index contributed by atoms with van der Waals surface area (Å²) in [6.07, 6.45) is 12.9. The van der Waals surface area contributed by atoms with Gasteiger partial charge in [0.2, 0.25) is 5.91 Å². The van der Waals surface area contributed by atoms with E-state index in [1.165, 1.54) is 44.9 Å². The van der Waals surface area contributed by atoms with Crippen LogP contribution in [0.15, 0.2) is 29.1 Å². The van der Waals surface area contributed by atoms with Crippen LogP contribution in [0.3, 0.4) is 0 Å². The van der Waals surface area contributed by atoms with Crippen LogP contribution >= 0.6 is 0 Å². The Morgan fingerprint density at radius 2 is 1.55 bits per heavy atom. The Hall–Kier alpha value is -2.41. The van der Waals surface area contributed by atoms with Crippen molar-refractivity contribution in [3.05, 3.63) is 34.6 Å². The number of nitrogens with zero attached hydrogens (tertiary/aromatic N) is 4. The van der Waals surface area contributed by atoms with Crippen molar-refractivity contribution in [3.8, 4) is 0 Å². The standard InChI is InChI=1S/C26H37N5O2/c27-24(32)23-13-8-16-30(23)25-26(33)31(22-12-7-6-11-21(22)28-25)20-14-17-29(18-15-20)19-9-4-2-1-3-5-10-19/h6-7,11-12,19-20,23H,1-5,8-10,13-18H2,(H2,27,32)/t23-/m0/s1. The third-order valence-corrected chi connectivity index (χ3v) is 8.09. The predicted octanol–water partition coefficient (Wildman–Crippen LogP) is 3.60. The molecule has 3 aliphatic rings. The highest BCUT2D eigenvalue weighted by Crippen LogP contribution is 2.31. The first kappa shape index (κ1) is 22.4. The fraction of sp³-hybridized carbons (Fsp3) is 0.654. The van der Waals surface area contributed by atoms with Gasteiger partial charge in [-0.2, -0.15) is 0 Å². The second-order valence-corrected chi connectivity index (χ2v) is 10.1. The molecule has 1 saturated carbocycles. The van der Waals surface area contributed by atoms with E-state index in [2.05, 4.69) is 4.90 Å². The fourth-order valence-corrected chi connectivity index (χ4v) is 6.32. The molecule has 2 saturated heterocycles. The van der Waals surface area contributed by atoms with E-state index in [1.807, 2.05) is 33.7 Å².